The van der Waals surface area contributed by atoms with E-state index in [1.54, 1.807) is 30.1 Å². The van der Waals surface area contributed by atoms with Crippen LogP contribution in [0.4, 0.5) is 10.1 Å². The first kappa shape index (κ1) is 14.5. The van der Waals surface area contributed by atoms with Gasteiger partial charge in [-0.25, -0.2) is 4.39 Å². The zero-order valence-electron chi connectivity index (χ0n) is 12.1. The summed E-state index contributed by atoms with van der Waals surface area (Å²) in [6.45, 7) is 4.32. The van der Waals surface area contributed by atoms with Crippen molar-refractivity contribution >= 4 is 5.69 Å². The number of hydrogen-bond donors (Lipinski definition) is 1. The third kappa shape index (κ3) is 3.17. The molecule has 0 aliphatic rings. The Kier molecular flexibility index (Phi) is 4.40. The molecular weight excluding hydrogens is 253 g/mol. The molecule has 0 bridgehead atoms. The molecule has 0 saturated carbocycles. The second-order valence-corrected chi connectivity index (χ2v) is 5.21. The summed E-state index contributed by atoms with van der Waals surface area (Å²) in [7, 11) is 1.78. The van der Waals surface area contributed by atoms with Crippen molar-refractivity contribution in [2.45, 2.75) is 20.0 Å². The molecule has 20 heavy (non-hydrogen) atoms. The van der Waals surface area contributed by atoms with E-state index in [-0.39, 0.29) is 5.82 Å². The van der Waals surface area contributed by atoms with Gasteiger partial charge in [0.15, 0.2) is 0 Å². The molecule has 2 rings (SSSR count). The average molecular weight is 273 g/mol. The van der Waals surface area contributed by atoms with E-state index < -0.39 is 6.10 Å². The van der Waals surface area contributed by atoms with Gasteiger partial charge in [-0.15, -0.1) is 0 Å². The Morgan fingerprint density at radius 2 is 1.85 bits per heavy atom. The van der Waals surface area contributed by atoms with Crippen LogP contribution in [-0.4, -0.2) is 18.7 Å². The van der Waals surface area contributed by atoms with Gasteiger partial charge in [0.05, 0.1) is 11.8 Å². The molecule has 0 spiro atoms. The highest BCUT2D eigenvalue weighted by molar-refractivity contribution is 5.47. The first-order chi connectivity index (χ1) is 9.49. The van der Waals surface area contributed by atoms with Crippen molar-refractivity contribution < 1.29 is 9.50 Å². The van der Waals surface area contributed by atoms with Crippen LogP contribution >= 0.6 is 0 Å². The molecule has 0 radical (unpaired) electrons. The SMILES string of the molecule is Cc1ccc(C)c(C(O)CN(C)c2ccccc2F)c1. The maximum Gasteiger partial charge on any atom is 0.146 e. The number of halogens is 1. The molecule has 106 valence electrons. The molecule has 2 aromatic rings. The third-order valence-corrected chi connectivity index (χ3v) is 3.50. The van der Waals surface area contributed by atoms with Crippen molar-refractivity contribution in [3.63, 3.8) is 0 Å². The fraction of sp³-hybridized carbons (Fsp3) is 0.294. The predicted octanol–water partition coefficient (Wildman–Crippen LogP) is 3.61. The molecule has 0 heterocycles. The molecule has 1 N–H and O–H groups in total. The zero-order valence-corrected chi connectivity index (χ0v) is 12.1. The minimum Gasteiger partial charge on any atom is -0.387 e. The maximum atomic E-state index is 13.7. The van der Waals surface area contributed by atoms with Crippen molar-refractivity contribution in [3.8, 4) is 0 Å². The van der Waals surface area contributed by atoms with Crippen LogP contribution in [0.5, 0.6) is 0 Å². The van der Waals surface area contributed by atoms with Crippen molar-refractivity contribution in [3.05, 3.63) is 65.0 Å². The molecule has 0 amide bonds. The number of nitrogens with zero attached hydrogens (tertiary/aromatic N) is 1. The summed E-state index contributed by atoms with van der Waals surface area (Å²) in [6, 6.07) is 12.6. The molecule has 3 heteroatoms. The molecule has 0 saturated heterocycles. The molecular formula is C17H20FNO. The first-order valence-electron chi connectivity index (χ1n) is 6.70. The lowest BCUT2D eigenvalue weighted by atomic mass is 10.0. The van der Waals surface area contributed by atoms with Gasteiger partial charge in [-0.3, -0.25) is 0 Å². The van der Waals surface area contributed by atoms with Gasteiger partial charge in [0.2, 0.25) is 0 Å². The van der Waals surface area contributed by atoms with Gasteiger partial charge >= 0.3 is 0 Å². The first-order valence-corrected chi connectivity index (χ1v) is 6.70. The molecule has 2 aromatic carbocycles. The Labute approximate surface area is 119 Å². The highest BCUT2D eigenvalue weighted by Gasteiger charge is 2.15. The van der Waals surface area contributed by atoms with Gasteiger partial charge in [0.1, 0.15) is 5.82 Å². The van der Waals surface area contributed by atoms with Crippen LogP contribution in [0.2, 0.25) is 0 Å². The normalized spacial score (nSPS) is 12.2. The number of aliphatic hydroxyl groups is 1. The van der Waals surface area contributed by atoms with E-state index >= 15 is 0 Å². The number of aryl methyl sites for hydroxylation is 2. The molecule has 0 aliphatic carbocycles. The second kappa shape index (κ2) is 6.06. The number of aliphatic hydroxyl groups excluding tert-OH is 1. The third-order valence-electron chi connectivity index (χ3n) is 3.50. The number of likely N-dealkylation sites (N-methyl/N-ethyl adjacent to an activating group) is 1. The van der Waals surface area contributed by atoms with Gasteiger partial charge in [0, 0.05) is 13.6 Å². The predicted molar refractivity (Wildman–Crippen MR) is 80.5 cm³/mol. The molecule has 0 aliphatic heterocycles. The molecule has 0 fully saturated rings. The van der Waals surface area contributed by atoms with E-state index in [2.05, 4.69) is 0 Å². The van der Waals surface area contributed by atoms with Gasteiger partial charge < -0.3 is 10.0 Å². The Bertz CT molecular complexity index is 597. The molecule has 1 atom stereocenters. The summed E-state index contributed by atoms with van der Waals surface area (Å²) in [4.78, 5) is 1.74. The minimum absolute atomic E-state index is 0.275. The minimum atomic E-state index is -0.639. The van der Waals surface area contributed by atoms with Crippen LogP contribution in [0.3, 0.4) is 0 Å². The van der Waals surface area contributed by atoms with Crippen molar-refractivity contribution in [1.82, 2.24) is 0 Å². The summed E-state index contributed by atoms with van der Waals surface area (Å²) in [5, 5.41) is 10.4. The van der Waals surface area contributed by atoms with E-state index in [0.29, 0.717) is 12.2 Å². The van der Waals surface area contributed by atoms with Crippen LogP contribution in [0.25, 0.3) is 0 Å². The van der Waals surface area contributed by atoms with Crippen LogP contribution in [0, 0.1) is 19.7 Å². The van der Waals surface area contributed by atoms with E-state index in [9.17, 15) is 9.50 Å². The number of para-hydroxylation sites is 1. The van der Waals surface area contributed by atoms with Crippen molar-refractivity contribution in [2.75, 3.05) is 18.5 Å². The van der Waals surface area contributed by atoms with E-state index in [4.69, 9.17) is 0 Å². The van der Waals surface area contributed by atoms with Gasteiger partial charge in [-0.1, -0.05) is 35.9 Å². The Morgan fingerprint density at radius 1 is 1.15 bits per heavy atom. The molecule has 0 aromatic heterocycles. The van der Waals surface area contributed by atoms with Crippen molar-refractivity contribution in [1.29, 1.82) is 0 Å². The van der Waals surface area contributed by atoms with Gasteiger partial charge in [0.25, 0.3) is 0 Å². The second-order valence-electron chi connectivity index (χ2n) is 5.21. The Balaban J connectivity index is 2.17. The lowest BCUT2D eigenvalue weighted by Crippen LogP contribution is -2.25. The lowest BCUT2D eigenvalue weighted by molar-refractivity contribution is 0.184. The largest absolute Gasteiger partial charge is 0.387 e. The highest BCUT2D eigenvalue weighted by Crippen LogP contribution is 2.23. The number of benzene rings is 2. The van der Waals surface area contributed by atoms with E-state index in [1.807, 2.05) is 32.0 Å². The van der Waals surface area contributed by atoms with Crippen LogP contribution in [0.1, 0.15) is 22.8 Å². The number of hydrogen-bond acceptors (Lipinski definition) is 2. The zero-order chi connectivity index (χ0) is 14.7. The topological polar surface area (TPSA) is 23.5 Å². The van der Waals surface area contributed by atoms with E-state index in [0.717, 1.165) is 16.7 Å². The smallest absolute Gasteiger partial charge is 0.146 e. The van der Waals surface area contributed by atoms with Crippen LogP contribution in [-0.2, 0) is 0 Å². The Morgan fingerprint density at radius 3 is 2.55 bits per heavy atom. The van der Waals surface area contributed by atoms with Crippen LogP contribution < -0.4 is 4.90 Å². The van der Waals surface area contributed by atoms with E-state index in [1.165, 1.54) is 6.07 Å². The molecule has 1 unspecified atom stereocenters. The number of anilines is 1. The molecule has 2 nitrogen and oxygen atoms in total. The highest BCUT2D eigenvalue weighted by atomic mass is 19.1. The maximum absolute atomic E-state index is 13.7. The lowest BCUT2D eigenvalue weighted by Gasteiger charge is -2.24. The number of rotatable bonds is 4. The Hall–Kier alpha value is -1.87. The van der Waals surface area contributed by atoms with Crippen molar-refractivity contribution in [2.24, 2.45) is 0 Å². The van der Waals surface area contributed by atoms with Gasteiger partial charge in [-0.05, 0) is 37.1 Å². The summed E-state index contributed by atoms with van der Waals surface area (Å²) in [5.41, 5.74) is 3.55. The quantitative estimate of drug-likeness (QED) is 0.920. The summed E-state index contributed by atoms with van der Waals surface area (Å²) in [5.74, 6) is -0.275. The summed E-state index contributed by atoms with van der Waals surface area (Å²) in [6.07, 6.45) is -0.639. The monoisotopic (exact) mass is 273 g/mol. The summed E-state index contributed by atoms with van der Waals surface area (Å²) < 4.78 is 13.7. The standard InChI is InChI=1S/C17H20FNO/c1-12-8-9-13(2)14(10-12)17(20)11-19(3)16-7-5-4-6-15(16)18/h4-10,17,20H,11H2,1-3H3. The average Bonchev–Trinajstić information content (AvgIpc) is 2.41. The van der Waals surface area contributed by atoms with Crippen LogP contribution in [0.15, 0.2) is 42.5 Å². The fourth-order valence-corrected chi connectivity index (χ4v) is 2.34. The van der Waals surface area contributed by atoms with Gasteiger partial charge in [-0.2, -0.15) is 0 Å². The fourth-order valence-electron chi connectivity index (χ4n) is 2.34. The summed E-state index contributed by atoms with van der Waals surface area (Å²) >= 11 is 0.